The molecule has 0 heterocycles. The van der Waals surface area contributed by atoms with Crippen LogP contribution >= 0.6 is 0 Å². The molecule has 0 aliphatic heterocycles. The van der Waals surface area contributed by atoms with Gasteiger partial charge in [-0.1, -0.05) is 58.0 Å². The number of nitrogens with zero attached hydrogens (tertiary/aromatic N) is 1. The Kier molecular flexibility index (Phi) is 6.45. The summed E-state index contributed by atoms with van der Waals surface area (Å²) in [6.45, 7) is 10.8. The molecule has 0 fully saturated rings. The van der Waals surface area contributed by atoms with Crippen molar-refractivity contribution in [1.82, 2.24) is 0 Å². The van der Waals surface area contributed by atoms with Crippen molar-refractivity contribution in [3.8, 4) is 0 Å². The molecule has 25 heavy (non-hydrogen) atoms. The minimum Gasteiger partial charge on any atom is -0.406 e. The van der Waals surface area contributed by atoms with Crippen molar-refractivity contribution in [1.29, 1.82) is 0 Å². The van der Waals surface area contributed by atoms with E-state index in [4.69, 9.17) is 4.43 Å². The predicted octanol–water partition coefficient (Wildman–Crippen LogP) is 5.39. The van der Waals surface area contributed by atoms with E-state index in [0.29, 0.717) is 5.56 Å². The van der Waals surface area contributed by atoms with Crippen molar-refractivity contribution in [3.05, 3.63) is 46.0 Å². The first kappa shape index (κ1) is 21.6. The van der Waals surface area contributed by atoms with E-state index in [1.807, 2.05) is 20.8 Å². The molecule has 142 valence electrons. The normalized spacial score (nSPS) is 17.0. The topological polar surface area (TPSA) is 52.4 Å². The van der Waals surface area contributed by atoms with Gasteiger partial charge < -0.3 is 4.43 Å². The molecule has 3 atom stereocenters. The van der Waals surface area contributed by atoms with Gasteiger partial charge in [-0.25, -0.2) is 0 Å². The molecule has 0 amide bonds. The molecule has 8 heteroatoms. The molecule has 0 saturated carbocycles. The number of nitro groups is 1. The molecule has 1 aromatic rings. The second kappa shape index (κ2) is 7.45. The Labute approximate surface area is 147 Å². The van der Waals surface area contributed by atoms with Crippen molar-refractivity contribution < 1.29 is 22.5 Å². The van der Waals surface area contributed by atoms with Gasteiger partial charge in [-0.15, -0.1) is 0 Å². The van der Waals surface area contributed by atoms with E-state index in [0.717, 1.165) is 0 Å². The minimum atomic E-state index is -4.99. The Balaban J connectivity index is 3.38. The maximum atomic E-state index is 13.5. The van der Waals surface area contributed by atoms with Gasteiger partial charge in [-0.3, -0.25) is 10.1 Å². The fourth-order valence-corrected chi connectivity index (χ4v) is 3.70. The van der Waals surface area contributed by atoms with Gasteiger partial charge in [-0.2, -0.15) is 13.2 Å². The van der Waals surface area contributed by atoms with Crippen LogP contribution in [0.2, 0.25) is 18.1 Å². The molecule has 1 rings (SSSR count). The van der Waals surface area contributed by atoms with E-state index in [2.05, 4.69) is 0 Å². The van der Waals surface area contributed by atoms with E-state index in [9.17, 15) is 23.3 Å². The third-order valence-electron chi connectivity index (χ3n) is 4.93. The molecule has 0 aromatic heterocycles. The van der Waals surface area contributed by atoms with Crippen LogP contribution in [0.4, 0.5) is 13.2 Å². The van der Waals surface area contributed by atoms with Gasteiger partial charge in [0.25, 0.3) is 0 Å². The molecule has 0 aliphatic carbocycles. The standard InChI is InChI=1S/C17H26F3NO3Si/c1-12(13-10-8-7-9-11-13)14(15(21(22)23)17(18,19)20)24-25(5,6)16(2,3)4/h7-12,14-15H,1-6H3/t12?,14-,15-/m1/s1. The molecule has 0 spiro atoms. The van der Waals surface area contributed by atoms with Crippen LogP contribution in [0.15, 0.2) is 30.3 Å². The zero-order valence-corrected chi connectivity index (χ0v) is 16.4. The second-order valence-electron chi connectivity index (χ2n) is 7.81. The van der Waals surface area contributed by atoms with Crippen molar-refractivity contribution in [3.63, 3.8) is 0 Å². The Morgan fingerprint density at radius 2 is 1.60 bits per heavy atom. The lowest BCUT2D eigenvalue weighted by Crippen LogP contribution is -2.55. The van der Waals surface area contributed by atoms with Crippen LogP contribution in [0, 0.1) is 10.1 Å². The van der Waals surface area contributed by atoms with Crippen molar-refractivity contribution in [2.45, 2.75) is 70.1 Å². The van der Waals surface area contributed by atoms with Crippen molar-refractivity contribution in [2.24, 2.45) is 0 Å². The van der Waals surface area contributed by atoms with Gasteiger partial charge >= 0.3 is 12.2 Å². The highest BCUT2D eigenvalue weighted by atomic mass is 28.4. The quantitative estimate of drug-likeness (QED) is 0.379. The highest BCUT2D eigenvalue weighted by Crippen LogP contribution is 2.42. The summed E-state index contributed by atoms with van der Waals surface area (Å²) < 4.78 is 46.3. The Bertz CT molecular complexity index is 585. The molecule has 0 N–H and O–H groups in total. The van der Waals surface area contributed by atoms with Crippen LogP contribution in [0.3, 0.4) is 0 Å². The third kappa shape index (κ3) is 5.28. The first-order valence-electron chi connectivity index (χ1n) is 8.11. The first-order valence-corrected chi connectivity index (χ1v) is 11.0. The smallest absolute Gasteiger partial charge is 0.406 e. The van der Waals surface area contributed by atoms with E-state index in [-0.39, 0.29) is 5.04 Å². The summed E-state index contributed by atoms with van der Waals surface area (Å²) in [4.78, 5) is 10.0. The summed E-state index contributed by atoms with van der Waals surface area (Å²) in [5.41, 5.74) is 0.585. The van der Waals surface area contributed by atoms with Gasteiger partial charge in [0.15, 0.2) is 8.32 Å². The monoisotopic (exact) mass is 377 g/mol. The zero-order chi connectivity index (χ0) is 19.6. The summed E-state index contributed by atoms with van der Waals surface area (Å²) >= 11 is 0. The molecule has 0 bridgehead atoms. The molecule has 0 saturated heterocycles. The maximum absolute atomic E-state index is 13.5. The summed E-state index contributed by atoms with van der Waals surface area (Å²) in [7, 11) is -2.66. The fraction of sp³-hybridized carbons (Fsp3) is 0.647. The molecule has 4 nitrogen and oxygen atoms in total. The minimum absolute atomic E-state index is 0.367. The number of halogens is 3. The lowest BCUT2D eigenvalue weighted by Gasteiger charge is -2.41. The average Bonchev–Trinajstić information content (AvgIpc) is 2.43. The highest BCUT2D eigenvalue weighted by molar-refractivity contribution is 6.74. The van der Waals surface area contributed by atoms with Crippen LogP contribution in [-0.4, -0.2) is 31.6 Å². The Morgan fingerprint density at radius 1 is 1.12 bits per heavy atom. The lowest BCUT2D eigenvalue weighted by atomic mass is 9.91. The van der Waals surface area contributed by atoms with E-state index < -0.39 is 37.5 Å². The van der Waals surface area contributed by atoms with Crippen molar-refractivity contribution in [2.75, 3.05) is 0 Å². The summed E-state index contributed by atoms with van der Waals surface area (Å²) in [5.74, 6) is -0.771. The first-order chi connectivity index (χ1) is 11.2. The Morgan fingerprint density at radius 3 is 1.96 bits per heavy atom. The van der Waals surface area contributed by atoms with E-state index >= 15 is 0 Å². The molecule has 1 aromatic carbocycles. The number of alkyl halides is 3. The van der Waals surface area contributed by atoms with Gasteiger partial charge in [0.05, 0.1) is 0 Å². The molecular formula is C17H26F3NO3Si. The number of hydrogen-bond acceptors (Lipinski definition) is 3. The molecule has 0 radical (unpaired) electrons. The Hall–Kier alpha value is -1.41. The molecule has 1 unspecified atom stereocenters. The average molecular weight is 377 g/mol. The van der Waals surface area contributed by atoms with Gasteiger partial charge in [0, 0.05) is 10.8 Å². The van der Waals surface area contributed by atoms with Crippen LogP contribution in [0.25, 0.3) is 0 Å². The zero-order valence-electron chi connectivity index (χ0n) is 15.4. The summed E-state index contributed by atoms with van der Waals surface area (Å²) in [6, 6.07) is 5.71. The van der Waals surface area contributed by atoms with E-state index in [1.165, 1.54) is 0 Å². The van der Waals surface area contributed by atoms with Gasteiger partial charge in [0.2, 0.25) is 0 Å². The van der Waals surface area contributed by atoms with E-state index in [1.54, 1.807) is 50.3 Å². The van der Waals surface area contributed by atoms with Crippen LogP contribution in [0.1, 0.15) is 39.2 Å². The summed E-state index contributed by atoms with van der Waals surface area (Å²) in [6.07, 6.45) is -6.57. The van der Waals surface area contributed by atoms with Crippen LogP contribution in [0.5, 0.6) is 0 Å². The van der Waals surface area contributed by atoms with Gasteiger partial charge in [0.1, 0.15) is 6.10 Å². The summed E-state index contributed by atoms with van der Waals surface area (Å²) in [5, 5.41) is 10.9. The lowest BCUT2D eigenvalue weighted by molar-refractivity contribution is -0.574. The second-order valence-corrected chi connectivity index (χ2v) is 12.6. The SMILES string of the molecule is CC(c1ccccc1)[C@@H](O[Si](C)(C)C(C)(C)C)[C@@H]([N+](=O)[O-])C(F)(F)F. The molecule has 0 aliphatic rings. The van der Waals surface area contributed by atoms with Gasteiger partial charge in [-0.05, 0) is 23.7 Å². The number of hydrogen-bond donors (Lipinski definition) is 0. The number of rotatable bonds is 6. The number of benzene rings is 1. The largest absolute Gasteiger partial charge is 0.460 e. The third-order valence-corrected chi connectivity index (χ3v) is 9.40. The highest BCUT2D eigenvalue weighted by Gasteiger charge is 2.58. The maximum Gasteiger partial charge on any atom is 0.460 e. The predicted molar refractivity (Wildman–Crippen MR) is 93.8 cm³/mol. The van der Waals surface area contributed by atoms with Crippen molar-refractivity contribution >= 4 is 8.32 Å². The fourth-order valence-electron chi connectivity index (χ4n) is 2.33. The van der Waals surface area contributed by atoms with Crippen LogP contribution in [-0.2, 0) is 4.43 Å². The van der Waals surface area contributed by atoms with Crippen LogP contribution < -0.4 is 0 Å². The molecular weight excluding hydrogens is 351 g/mol.